The summed E-state index contributed by atoms with van der Waals surface area (Å²) < 4.78 is 0. The molecule has 1 heterocycles. The average molecular weight is 296 g/mol. The number of allylic oxidation sites excluding steroid dienone is 1. The van der Waals surface area contributed by atoms with Gasteiger partial charge in [-0.3, -0.25) is 9.78 Å². The van der Waals surface area contributed by atoms with Crippen LogP contribution in [0.5, 0.6) is 0 Å². The highest BCUT2D eigenvalue weighted by Gasteiger charge is 2.25. The number of aromatic nitrogens is 1. The average Bonchev–Trinajstić information content (AvgIpc) is 2.49. The van der Waals surface area contributed by atoms with E-state index < -0.39 is 0 Å². The smallest absolute Gasteiger partial charge is 0.179 e. The molecule has 2 aromatic rings. The molecule has 0 amide bonds. The Labute approximate surface area is 126 Å². The maximum atomic E-state index is 12.1. The van der Waals surface area contributed by atoms with Gasteiger partial charge in [0.25, 0.3) is 0 Å². The summed E-state index contributed by atoms with van der Waals surface area (Å²) in [6.45, 7) is 0. The third-order valence-corrected chi connectivity index (χ3v) is 3.53. The van der Waals surface area contributed by atoms with Gasteiger partial charge < -0.3 is 5.32 Å². The molecule has 1 aromatic heterocycles. The second kappa shape index (κ2) is 5.39. The van der Waals surface area contributed by atoms with Gasteiger partial charge in [-0.15, -0.1) is 0 Å². The highest BCUT2D eigenvalue weighted by Crippen LogP contribution is 2.30. The fraction of sp³-hybridized carbons (Fsp3) is 0.0625. The lowest BCUT2D eigenvalue weighted by Crippen LogP contribution is -2.19. The summed E-state index contributed by atoms with van der Waals surface area (Å²) in [5.41, 5.74) is 3.07. The van der Waals surface area contributed by atoms with Crippen molar-refractivity contribution < 1.29 is 4.79 Å². The van der Waals surface area contributed by atoms with E-state index in [1.54, 1.807) is 42.7 Å². The first-order valence-electron chi connectivity index (χ1n) is 6.32. The molecule has 21 heavy (non-hydrogen) atoms. The number of anilines is 1. The Hall–Kier alpha value is -2.64. The van der Waals surface area contributed by atoms with Crippen LogP contribution in [0, 0.1) is 11.3 Å². The number of carbonyl (C=O) groups is 1. The van der Waals surface area contributed by atoms with Crippen LogP contribution in [0.3, 0.4) is 0 Å². The molecule has 0 saturated heterocycles. The van der Waals surface area contributed by atoms with Gasteiger partial charge in [-0.2, -0.15) is 5.26 Å². The topological polar surface area (TPSA) is 65.8 Å². The molecule has 0 atom stereocenters. The fourth-order valence-corrected chi connectivity index (χ4v) is 2.40. The van der Waals surface area contributed by atoms with E-state index in [4.69, 9.17) is 11.6 Å². The molecule has 4 nitrogen and oxygen atoms in total. The minimum absolute atomic E-state index is 0.142. The van der Waals surface area contributed by atoms with Gasteiger partial charge >= 0.3 is 0 Å². The number of carbonyl (C=O) groups excluding carboxylic acids is 1. The van der Waals surface area contributed by atoms with Crippen LogP contribution in [-0.2, 0) is 11.2 Å². The standard InChI is InChI=1S/C16H10ClN3O/c17-11-1-3-12(4-2-11)20-16-13-5-6-19-9-10(13)7-15(21)14(16)8-18/h1-6,9,20H,7H2. The summed E-state index contributed by atoms with van der Waals surface area (Å²) >= 11 is 5.86. The lowest BCUT2D eigenvalue weighted by Gasteiger charge is -2.20. The van der Waals surface area contributed by atoms with Crippen molar-refractivity contribution in [1.82, 2.24) is 4.98 Å². The Balaban J connectivity index is 2.09. The van der Waals surface area contributed by atoms with Gasteiger partial charge in [0.05, 0.1) is 5.70 Å². The Bertz CT molecular complexity index is 788. The first-order chi connectivity index (χ1) is 10.2. The van der Waals surface area contributed by atoms with Crippen LogP contribution >= 0.6 is 11.6 Å². The minimum atomic E-state index is -0.200. The zero-order valence-corrected chi connectivity index (χ0v) is 11.7. The van der Waals surface area contributed by atoms with Crippen molar-refractivity contribution >= 4 is 28.8 Å². The number of rotatable bonds is 2. The number of nitriles is 1. The van der Waals surface area contributed by atoms with Crippen LogP contribution in [0.2, 0.25) is 5.02 Å². The van der Waals surface area contributed by atoms with Crippen LogP contribution < -0.4 is 5.32 Å². The third-order valence-electron chi connectivity index (χ3n) is 3.28. The van der Waals surface area contributed by atoms with Crippen LogP contribution in [0.4, 0.5) is 5.69 Å². The Morgan fingerprint density at radius 3 is 2.71 bits per heavy atom. The van der Waals surface area contributed by atoms with Gasteiger partial charge in [0.2, 0.25) is 0 Å². The maximum Gasteiger partial charge on any atom is 0.179 e. The first-order valence-corrected chi connectivity index (χ1v) is 6.70. The van der Waals surface area contributed by atoms with E-state index in [-0.39, 0.29) is 17.8 Å². The Morgan fingerprint density at radius 1 is 1.24 bits per heavy atom. The van der Waals surface area contributed by atoms with Crippen LogP contribution in [0.15, 0.2) is 48.3 Å². The molecule has 5 heteroatoms. The molecule has 0 fully saturated rings. The SMILES string of the molecule is N#CC1=C(Nc2ccc(Cl)cc2)c2ccncc2CC1=O. The molecule has 3 rings (SSSR count). The first kappa shape index (κ1) is 13.3. The van der Waals surface area contributed by atoms with Gasteiger partial charge in [0.1, 0.15) is 11.6 Å². The second-order valence-corrected chi connectivity index (χ2v) is 5.06. The Kier molecular flexibility index (Phi) is 3.43. The molecule has 1 aromatic carbocycles. The van der Waals surface area contributed by atoms with Gasteiger partial charge in [0.15, 0.2) is 5.78 Å². The molecule has 0 saturated carbocycles. The lowest BCUT2D eigenvalue weighted by molar-refractivity contribution is -0.114. The summed E-state index contributed by atoms with van der Waals surface area (Å²) in [5.74, 6) is -0.200. The highest BCUT2D eigenvalue weighted by molar-refractivity contribution is 6.30. The number of pyridine rings is 1. The maximum absolute atomic E-state index is 12.1. The van der Waals surface area contributed by atoms with Crippen molar-refractivity contribution in [2.75, 3.05) is 5.32 Å². The van der Waals surface area contributed by atoms with Crippen molar-refractivity contribution in [3.63, 3.8) is 0 Å². The summed E-state index contributed by atoms with van der Waals surface area (Å²) in [5, 5.41) is 13.0. The van der Waals surface area contributed by atoms with Gasteiger partial charge in [-0.05, 0) is 35.9 Å². The van der Waals surface area contributed by atoms with E-state index in [0.29, 0.717) is 10.7 Å². The van der Waals surface area contributed by atoms with Gasteiger partial charge in [-0.25, -0.2) is 0 Å². The lowest BCUT2D eigenvalue weighted by atomic mass is 9.90. The zero-order chi connectivity index (χ0) is 14.8. The second-order valence-electron chi connectivity index (χ2n) is 4.63. The normalized spacial score (nSPS) is 13.6. The molecular weight excluding hydrogens is 286 g/mol. The van der Waals surface area contributed by atoms with E-state index in [1.807, 2.05) is 6.07 Å². The molecule has 1 aliphatic carbocycles. The third kappa shape index (κ3) is 2.51. The largest absolute Gasteiger partial charge is 0.354 e. The number of benzene rings is 1. The monoisotopic (exact) mass is 295 g/mol. The molecule has 0 bridgehead atoms. The molecule has 0 spiro atoms. The van der Waals surface area contributed by atoms with Crippen molar-refractivity contribution in [2.45, 2.75) is 6.42 Å². The number of nitrogens with zero attached hydrogens (tertiary/aromatic N) is 2. The molecule has 0 radical (unpaired) electrons. The highest BCUT2D eigenvalue weighted by atomic mass is 35.5. The molecule has 0 aliphatic heterocycles. The number of halogens is 1. The Morgan fingerprint density at radius 2 is 2.00 bits per heavy atom. The molecular formula is C16H10ClN3O. The number of hydrogen-bond acceptors (Lipinski definition) is 4. The summed E-state index contributed by atoms with van der Waals surface area (Å²) in [7, 11) is 0. The van der Waals surface area contributed by atoms with E-state index >= 15 is 0 Å². The number of hydrogen-bond donors (Lipinski definition) is 1. The van der Waals surface area contributed by atoms with Crippen molar-refractivity contribution in [2.24, 2.45) is 0 Å². The molecule has 102 valence electrons. The summed E-state index contributed by atoms with van der Waals surface area (Å²) in [6.07, 6.45) is 3.51. The van der Waals surface area contributed by atoms with Crippen molar-refractivity contribution in [1.29, 1.82) is 5.26 Å². The van der Waals surface area contributed by atoms with Gasteiger partial charge in [0, 0.05) is 35.1 Å². The van der Waals surface area contributed by atoms with E-state index in [9.17, 15) is 10.1 Å². The summed E-state index contributed by atoms with van der Waals surface area (Å²) in [4.78, 5) is 16.1. The van der Waals surface area contributed by atoms with Crippen LogP contribution in [0.25, 0.3) is 5.70 Å². The predicted octanol–water partition coefficient (Wildman–Crippen LogP) is 3.21. The number of nitrogens with one attached hydrogen (secondary N) is 1. The van der Waals surface area contributed by atoms with Crippen LogP contribution in [0.1, 0.15) is 11.1 Å². The van der Waals surface area contributed by atoms with E-state index in [0.717, 1.165) is 16.8 Å². The number of ketones is 1. The minimum Gasteiger partial charge on any atom is -0.354 e. The fourth-order valence-electron chi connectivity index (χ4n) is 2.27. The molecule has 1 N–H and O–H groups in total. The quantitative estimate of drug-likeness (QED) is 0.924. The predicted molar refractivity (Wildman–Crippen MR) is 80.6 cm³/mol. The number of fused-ring (bicyclic) bond motifs is 1. The van der Waals surface area contributed by atoms with Gasteiger partial charge in [-0.1, -0.05) is 11.6 Å². The van der Waals surface area contributed by atoms with E-state index in [2.05, 4.69) is 10.3 Å². The zero-order valence-electron chi connectivity index (χ0n) is 10.9. The van der Waals surface area contributed by atoms with Crippen molar-refractivity contribution in [3.05, 3.63) is 64.4 Å². The molecule has 0 unspecified atom stereocenters. The number of Topliss-reactive ketones (excluding diaryl/α,β-unsaturated/α-hetero) is 1. The van der Waals surface area contributed by atoms with E-state index in [1.165, 1.54) is 0 Å². The van der Waals surface area contributed by atoms with Crippen LogP contribution in [-0.4, -0.2) is 10.8 Å². The van der Waals surface area contributed by atoms with Crippen molar-refractivity contribution in [3.8, 4) is 6.07 Å². The molecule has 1 aliphatic rings. The summed E-state index contributed by atoms with van der Waals surface area (Å²) in [6, 6.07) is 10.9.